The SMILES string of the molecule is CCCCCc1ccc([C@H]2CC[C@H](CCCC[C@H]3CC[C@H](CCC=C(F)C#N)CC3)CC2)cc1. The van der Waals surface area contributed by atoms with Crippen molar-refractivity contribution in [2.75, 3.05) is 0 Å². The molecule has 188 valence electrons. The molecule has 2 fully saturated rings. The van der Waals surface area contributed by atoms with Crippen molar-refractivity contribution in [2.45, 2.75) is 128 Å². The summed E-state index contributed by atoms with van der Waals surface area (Å²) in [5.41, 5.74) is 3.10. The quantitative estimate of drug-likeness (QED) is 0.210. The van der Waals surface area contributed by atoms with Gasteiger partial charge in [0.05, 0.1) is 0 Å². The summed E-state index contributed by atoms with van der Waals surface area (Å²) in [5, 5.41) is 8.49. The van der Waals surface area contributed by atoms with Crippen molar-refractivity contribution in [1.29, 1.82) is 5.26 Å². The number of halogens is 1. The monoisotopic (exact) mass is 465 g/mol. The lowest BCUT2D eigenvalue weighted by Crippen LogP contribution is -2.15. The zero-order valence-electron chi connectivity index (χ0n) is 21.7. The summed E-state index contributed by atoms with van der Waals surface area (Å²) in [6.07, 6.45) is 25.1. The summed E-state index contributed by atoms with van der Waals surface area (Å²) < 4.78 is 12.9. The molecule has 0 N–H and O–H groups in total. The van der Waals surface area contributed by atoms with Crippen LogP contribution in [0.4, 0.5) is 4.39 Å². The van der Waals surface area contributed by atoms with E-state index >= 15 is 0 Å². The Morgan fingerprint density at radius 2 is 1.38 bits per heavy atom. The highest BCUT2D eigenvalue weighted by Gasteiger charge is 2.23. The second-order valence-electron chi connectivity index (χ2n) is 11.3. The Morgan fingerprint density at radius 1 is 0.824 bits per heavy atom. The van der Waals surface area contributed by atoms with E-state index in [-0.39, 0.29) is 0 Å². The molecule has 0 atom stereocenters. The van der Waals surface area contributed by atoms with Gasteiger partial charge in [-0.05, 0) is 92.2 Å². The van der Waals surface area contributed by atoms with Gasteiger partial charge >= 0.3 is 0 Å². The molecular formula is C32H48FN. The Bertz CT molecular complexity index is 742. The van der Waals surface area contributed by atoms with Crippen LogP contribution in [0.3, 0.4) is 0 Å². The molecule has 2 saturated carbocycles. The molecule has 0 heterocycles. The minimum absolute atomic E-state index is 0.617. The molecule has 0 amide bonds. The fraction of sp³-hybridized carbons (Fsp3) is 0.719. The molecule has 34 heavy (non-hydrogen) atoms. The Morgan fingerprint density at radius 3 is 1.94 bits per heavy atom. The maximum absolute atomic E-state index is 12.9. The van der Waals surface area contributed by atoms with Crippen molar-refractivity contribution in [3.8, 4) is 6.07 Å². The highest BCUT2D eigenvalue weighted by atomic mass is 19.1. The zero-order valence-corrected chi connectivity index (χ0v) is 21.7. The third-order valence-electron chi connectivity index (χ3n) is 8.81. The molecule has 2 aliphatic carbocycles. The van der Waals surface area contributed by atoms with Crippen molar-refractivity contribution in [3.63, 3.8) is 0 Å². The van der Waals surface area contributed by atoms with E-state index in [0.29, 0.717) is 0 Å². The van der Waals surface area contributed by atoms with E-state index in [1.54, 1.807) is 11.6 Å². The molecular weight excluding hydrogens is 417 g/mol. The predicted octanol–water partition coefficient (Wildman–Crippen LogP) is 10.2. The number of allylic oxidation sites excluding steroid dienone is 2. The molecule has 0 bridgehead atoms. The van der Waals surface area contributed by atoms with E-state index in [1.165, 1.54) is 114 Å². The average Bonchev–Trinajstić information content (AvgIpc) is 2.88. The van der Waals surface area contributed by atoms with E-state index in [9.17, 15) is 4.39 Å². The van der Waals surface area contributed by atoms with Gasteiger partial charge in [0.15, 0.2) is 5.83 Å². The molecule has 0 unspecified atom stereocenters. The van der Waals surface area contributed by atoms with Crippen LogP contribution in [0.25, 0.3) is 0 Å². The maximum Gasteiger partial charge on any atom is 0.196 e. The van der Waals surface area contributed by atoms with Gasteiger partial charge in [-0.3, -0.25) is 0 Å². The first-order valence-corrected chi connectivity index (χ1v) is 14.5. The largest absolute Gasteiger partial charge is 0.196 e. The molecule has 0 aliphatic heterocycles. The lowest BCUT2D eigenvalue weighted by atomic mass is 9.76. The minimum atomic E-state index is -0.617. The van der Waals surface area contributed by atoms with Gasteiger partial charge < -0.3 is 0 Å². The highest BCUT2D eigenvalue weighted by molar-refractivity contribution is 5.26. The fourth-order valence-corrected chi connectivity index (χ4v) is 6.49. The first-order chi connectivity index (χ1) is 16.7. The number of benzene rings is 1. The lowest BCUT2D eigenvalue weighted by Gasteiger charge is -2.30. The molecule has 0 radical (unpaired) electrons. The minimum Gasteiger partial charge on any atom is -0.195 e. The van der Waals surface area contributed by atoms with Gasteiger partial charge in [-0.1, -0.05) is 95.4 Å². The Balaban J connectivity index is 1.23. The number of rotatable bonds is 13. The van der Waals surface area contributed by atoms with Gasteiger partial charge in [-0.15, -0.1) is 0 Å². The van der Waals surface area contributed by atoms with Gasteiger partial charge in [0, 0.05) is 0 Å². The third-order valence-corrected chi connectivity index (χ3v) is 8.81. The molecule has 1 aromatic rings. The van der Waals surface area contributed by atoms with Crippen LogP contribution in [0.1, 0.15) is 133 Å². The van der Waals surface area contributed by atoms with Crippen molar-refractivity contribution in [1.82, 2.24) is 0 Å². The van der Waals surface area contributed by atoms with Crippen LogP contribution < -0.4 is 0 Å². The number of nitriles is 1. The number of aryl methyl sites for hydroxylation is 1. The van der Waals surface area contributed by atoms with Crippen LogP contribution in [-0.2, 0) is 6.42 Å². The first-order valence-electron chi connectivity index (χ1n) is 14.5. The number of unbranched alkanes of at least 4 members (excludes halogenated alkanes) is 3. The number of hydrogen-bond acceptors (Lipinski definition) is 1. The van der Waals surface area contributed by atoms with Crippen molar-refractivity contribution in [2.24, 2.45) is 17.8 Å². The first kappa shape index (κ1) is 27.0. The molecule has 0 saturated heterocycles. The average molecular weight is 466 g/mol. The van der Waals surface area contributed by atoms with Gasteiger partial charge in [0.25, 0.3) is 0 Å². The summed E-state index contributed by atoms with van der Waals surface area (Å²) >= 11 is 0. The molecule has 3 rings (SSSR count). The normalized spacial score (nSPS) is 25.7. The Labute approximate surface area is 209 Å². The smallest absolute Gasteiger partial charge is 0.195 e. The maximum atomic E-state index is 12.9. The number of nitrogens with zero attached hydrogens (tertiary/aromatic N) is 1. The summed E-state index contributed by atoms with van der Waals surface area (Å²) in [7, 11) is 0. The molecule has 2 aliphatic rings. The van der Waals surface area contributed by atoms with Crippen LogP contribution in [0.2, 0.25) is 0 Å². The van der Waals surface area contributed by atoms with E-state index in [1.807, 2.05) is 0 Å². The standard InChI is InChI=1S/C32H48FN/c1-2-3-4-8-27-17-21-30(22-18-27)31-23-19-28(20-24-31)10-6-5-9-26-13-15-29(16-14-26)11-7-12-32(33)25-34/h12,17-18,21-22,26,28-29,31H,2-11,13-16,19-20,23-24H2,1H3/t26-,28-,29-,31-. The van der Waals surface area contributed by atoms with Crippen molar-refractivity contribution in [3.05, 3.63) is 47.3 Å². The lowest BCUT2D eigenvalue weighted by molar-refractivity contribution is 0.244. The Kier molecular flexibility index (Phi) is 12.2. The fourth-order valence-electron chi connectivity index (χ4n) is 6.49. The molecule has 2 heteroatoms. The summed E-state index contributed by atoms with van der Waals surface area (Å²) in [6.45, 7) is 2.28. The topological polar surface area (TPSA) is 23.8 Å². The molecule has 0 spiro atoms. The summed E-state index contributed by atoms with van der Waals surface area (Å²) in [6, 6.07) is 11.2. The van der Waals surface area contributed by atoms with E-state index in [0.717, 1.165) is 36.5 Å². The molecule has 1 nitrogen and oxygen atoms in total. The van der Waals surface area contributed by atoms with Crippen molar-refractivity contribution < 1.29 is 4.39 Å². The van der Waals surface area contributed by atoms with E-state index in [4.69, 9.17) is 5.26 Å². The van der Waals surface area contributed by atoms with Crippen LogP contribution in [0.5, 0.6) is 0 Å². The van der Waals surface area contributed by atoms with Gasteiger partial charge in [-0.25, -0.2) is 0 Å². The van der Waals surface area contributed by atoms with Crippen LogP contribution >= 0.6 is 0 Å². The molecule has 0 aromatic heterocycles. The molecule has 1 aromatic carbocycles. The van der Waals surface area contributed by atoms with Crippen molar-refractivity contribution >= 4 is 0 Å². The van der Waals surface area contributed by atoms with Crippen LogP contribution in [0.15, 0.2) is 36.2 Å². The zero-order chi connectivity index (χ0) is 24.0. The van der Waals surface area contributed by atoms with Crippen LogP contribution in [-0.4, -0.2) is 0 Å². The van der Waals surface area contributed by atoms with Gasteiger partial charge in [0.2, 0.25) is 0 Å². The van der Waals surface area contributed by atoms with Gasteiger partial charge in [-0.2, -0.15) is 9.65 Å². The predicted molar refractivity (Wildman–Crippen MR) is 142 cm³/mol. The summed E-state index contributed by atoms with van der Waals surface area (Å²) in [5.74, 6) is 2.80. The summed E-state index contributed by atoms with van der Waals surface area (Å²) in [4.78, 5) is 0. The second kappa shape index (κ2) is 15.4. The van der Waals surface area contributed by atoms with E-state index in [2.05, 4.69) is 31.2 Å². The van der Waals surface area contributed by atoms with E-state index < -0.39 is 5.83 Å². The van der Waals surface area contributed by atoms with Crippen LogP contribution in [0, 0.1) is 29.1 Å². The number of hydrogen-bond donors (Lipinski definition) is 0. The third kappa shape index (κ3) is 9.56. The van der Waals surface area contributed by atoms with Gasteiger partial charge in [0.1, 0.15) is 6.07 Å². The second-order valence-corrected chi connectivity index (χ2v) is 11.3. The highest BCUT2D eigenvalue weighted by Crippen LogP contribution is 2.39. The Hall–Kier alpha value is -1.62.